The van der Waals surface area contributed by atoms with Gasteiger partial charge >= 0.3 is 0 Å². The highest BCUT2D eigenvalue weighted by atomic mass is 32.2. The monoisotopic (exact) mass is 335 g/mol. The number of aromatic nitrogens is 2. The van der Waals surface area contributed by atoms with E-state index in [-0.39, 0.29) is 29.4 Å². The number of rotatable bonds is 7. The lowest BCUT2D eigenvalue weighted by molar-refractivity contribution is -0.119. The van der Waals surface area contributed by atoms with Crippen molar-refractivity contribution in [3.63, 3.8) is 0 Å². The minimum Gasteiger partial charge on any atom is -0.349 e. The van der Waals surface area contributed by atoms with Gasteiger partial charge in [-0.2, -0.15) is 4.98 Å². The van der Waals surface area contributed by atoms with Crippen molar-refractivity contribution in [2.45, 2.75) is 38.5 Å². The van der Waals surface area contributed by atoms with Gasteiger partial charge in [-0.3, -0.25) is 9.00 Å². The summed E-state index contributed by atoms with van der Waals surface area (Å²) in [6.07, 6.45) is 0. The molecule has 1 heterocycles. The number of carbonyl (C=O) groups excluding carboxylic acids is 1. The fourth-order valence-electron chi connectivity index (χ4n) is 2.00. The maximum Gasteiger partial charge on any atom is 0.239 e. The molecule has 0 aliphatic rings. The second-order valence-corrected chi connectivity index (χ2v) is 7.09. The molecule has 7 heteroatoms. The summed E-state index contributed by atoms with van der Waals surface area (Å²) in [5.74, 6) is 0.776. The molecule has 0 bridgehead atoms. The Balaban J connectivity index is 1.83. The molecule has 124 valence electrons. The van der Waals surface area contributed by atoms with Gasteiger partial charge in [-0.25, -0.2) is 0 Å². The van der Waals surface area contributed by atoms with Crippen LogP contribution in [0.4, 0.5) is 0 Å². The number of carbonyl (C=O) groups is 1. The zero-order valence-electron chi connectivity index (χ0n) is 13.5. The molecule has 1 aromatic heterocycles. The summed E-state index contributed by atoms with van der Waals surface area (Å²) in [6, 6.07) is 9.50. The van der Waals surface area contributed by atoms with E-state index in [9.17, 15) is 9.00 Å². The molecule has 1 N–H and O–H groups in total. The third-order valence-corrected chi connectivity index (χ3v) is 4.41. The number of hydrogen-bond acceptors (Lipinski definition) is 5. The number of nitrogens with one attached hydrogen (secondary N) is 1. The summed E-state index contributed by atoms with van der Waals surface area (Å²) in [7, 11) is -1.38. The topological polar surface area (TPSA) is 85.1 Å². The molecule has 2 rings (SSSR count). The summed E-state index contributed by atoms with van der Waals surface area (Å²) in [4.78, 5) is 16.1. The van der Waals surface area contributed by atoms with Crippen LogP contribution < -0.4 is 5.32 Å². The van der Waals surface area contributed by atoms with Crippen LogP contribution in [0.2, 0.25) is 0 Å². The Labute approximate surface area is 138 Å². The van der Waals surface area contributed by atoms with Crippen molar-refractivity contribution in [2.24, 2.45) is 0 Å². The molecule has 1 aromatic carbocycles. The van der Waals surface area contributed by atoms with Gasteiger partial charge in [0, 0.05) is 16.7 Å². The molecule has 2 aromatic rings. The van der Waals surface area contributed by atoms with Crippen LogP contribution in [-0.4, -0.2) is 26.0 Å². The first kappa shape index (κ1) is 17.3. The maximum atomic E-state index is 12.0. The molecular weight excluding hydrogens is 314 g/mol. The molecule has 0 fully saturated rings. The fraction of sp³-hybridized carbons (Fsp3) is 0.438. The minimum absolute atomic E-state index is 0.0867. The predicted molar refractivity (Wildman–Crippen MR) is 88.1 cm³/mol. The third kappa shape index (κ3) is 5.28. The predicted octanol–water partition coefficient (Wildman–Crippen LogP) is 2.32. The largest absolute Gasteiger partial charge is 0.349 e. The normalized spacial score (nSPS) is 13.7. The van der Waals surface area contributed by atoms with Crippen LogP contribution in [0.15, 0.2) is 34.9 Å². The zero-order valence-corrected chi connectivity index (χ0v) is 14.3. The average molecular weight is 335 g/mol. The Bertz CT molecular complexity index is 670. The first-order chi connectivity index (χ1) is 11.0. The van der Waals surface area contributed by atoms with Crippen LogP contribution in [0.5, 0.6) is 0 Å². The fourth-order valence-corrected chi connectivity index (χ4v) is 2.87. The van der Waals surface area contributed by atoms with Crippen molar-refractivity contribution >= 4 is 16.7 Å². The van der Waals surface area contributed by atoms with E-state index in [0.29, 0.717) is 11.7 Å². The second kappa shape index (κ2) is 8.01. The standard InChI is InChI=1S/C16H21N3O3S/c1-11(2)16-18-15(22-19-16)10-23(21)9-14(20)17-12(3)13-7-5-4-6-8-13/h4-8,11-12H,9-10H2,1-3H3,(H,17,20)/t12-,23+/m0/s1. The highest BCUT2D eigenvalue weighted by Gasteiger charge is 2.16. The van der Waals surface area contributed by atoms with E-state index >= 15 is 0 Å². The number of nitrogens with zero attached hydrogens (tertiary/aromatic N) is 2. The molecule has 0 saturated heterocycles. The highest BCUT2D eigenvalue weighted by Crippen LogP contribution is 2.12. The highest BCUT2D eigenvalue weighted by molar-refractivity contribution is 7.84. The Morgan fingerprint density at radius 2 is 1.96 bits per heavy atom. The molecule has 0 spiro atoms. The molecule has 2 atom stereocenters. The van der Waals surface area contributed by atoms with Crippen LogP contribution in [-0.2, 0) is 21.3 Å². The van der Waals surface area contributed by atoms with Gasteiger partial charge < -0.3 is 9.84 Å². The molecule has 0 unspecified atom stereocenters. The van der Waals surface area contributed by atoms with E-state index in [2.05, 4.69) is 15.5 Å². The van der Waals surface area contributed by atoms with Crippen LogP contribution in [0.1, 0.15) is 50.0 Å². The zero-order chi connectivity index (χ0) is 16.8. The van der Waals surface area contributed by atoms with Gasteiger partial charge in [0.15, 0.2) is 5.82 Å². The van der Waals surface area contributed by atoms with Gasteiger partial charge in [0.25, 0.3) is 0 Å². The minimum atomic E-state index is -1.38. The lowest BCUT2D eigenvalue weighted by Crippen LogP contribution is -2.31. The van der Waals surface area contributed by atoms with Gasteiger partial charge in [0.2, 0.25) is 11.8 Å². The maximum absolute atomic E-state index is 12.0. The second-order valence-electron chi connectivity index (χ2n) is 5.63. The Hall–Kier alpha value is -2.02. The van der Waals surface area contributed by atoms with Crippen LogP contribution in [0, 0.1) is 0 Å². The molecular formula is C16H21N3O3S. The Morgan fingerprint density at radius 3 is 2.57 bits per heavy atom. The van der Waals surface area contributed by atoms with E-state index in [0.717, 1.165) is 5.56 Å². The third-order valence-electron chi connectivity index (χ3n) is 3.25. The summed E-state index contributed by atoms with van der Waals surface area (Å²) in [6.45, 7) is 5.79. The molecule has 23 heavy (non-hydrogen) atoms. The molecule has 6 nitrogen and oxygen atoms in total. The van der Waals surface area contributed by atoms with Crippen molar-refractivity contribution < 1.29 is 13.5 Å². The number of hydrogen-bond donors (Lipinski definition) is 1. The van der Waals surface area contributed by atoms with Gasteiger partial charge in [-0.1, -0.05) is 49.3 Å². The first-order valence-electron chi connectivity index (χ1n) is 7.47. The smallest absolute Gasteiger partial charge is 0.239 e. The van der Waals surface area contributed by atoms with E-state index < -0.39 is 10.8 Å². The van der Waals surface area contributed by atoms with Crippen LogP contribution in [0.25, 0.3) is 0 Å². The molecule has 0 radical (unpaired) electrons. The van der Waals surface area contributed by atoms with E-state index in [1.54, 1.807) is 0 Å². The van der Waals surface area contributed by atoms with Crippen LogP contribution >= 0.6 is 0 Å². The SMILES string of the molecule is CC(C)c1noc(C[S@](=O)CC(=O)N[C@@H](C)c2ccccc2)n1. The summed E-state index contributed by atoms with van der Waals surface area (Å²) < 4.78 is 17.1. The van der Waals surface area contributed by atoms with E-state index in [1.165, 1.54) is 0 Å². The average Bonchev–Trinajstić information content (AvgIpc) is 2.96. The number of benzene rings is 1. The van der Waals surface area contributed by atoms with Crippen molar-refractivity contribution in [2.75, 3.05) is 5.75 Å². The van der Waals surface area contributed by atoms with Crippen molar-refractivity contribution in [1.82, 2.24) is 15.5 Å². The van der Waals surface area contributed by atoms with Crippen LogP contribution in [0.3, 0.4) is 0 Å². The lowest BCUT2D eigenvalue weighted by Gasteiger charge is -2.13. The lowest BCUT2D eigenvalue weighted by atomic mass is 10.1. The van der Waals surface area contributed by atoms with E-state index in [4.69, 9.17) is 4.52 Å². The Morgan fingerprint density at radius 1 is 1.26 bits per heavy atom. The first-order valence-corrected chi connectivity index (χ1v) is 8.96. The molecule has 0 aliphatic heterocycles. The van der Waals surface area contributed by atoms with Gasteiger partial charge in [-0.15, -0.1) is 0 Å². The van der Waals surface area contributed by atoms with Crippen molar-refractivity contribution in [3.8, 4) is 0 Å². The Kier molecular flexibility index (Phi) is 6.04. The van der Waals surface area contributed by atoms with Gasteiger partial charge in [-0.05, 0) is 12.5 Å². The molecule has 0 aliphatic carbocycles. The van der Waals surface area contributed by atoms with Gasteiger partial charge in [0.1, 0.15) is 11.5 Å². The number of amides is 1. The molecule has 1 amide bonds. The summed E-state index contributed by atoms with van der Waals surface area (Å²) in [5, 5.41) is 6.65. The van der Waals surface area contributed by atoms with E-state index in [1.807, 2.05) is 51.1 Å². The van der Waals surface area contributed by atoms with Crippen molar-refractivity contribution in [1.29, 1.82) is 0 Å². The molecule has 0 saturated carbocycles. The quantitative estimate of drug-likeness (QED) is 0.839. The summed E-state index contributed by atoms with van der Waals surface area (Å²) in [5.41, 5.74) is 1.00. The van der Waals surface area contributed by atoms with Gasteiger partial charge in [0.05, 0.1) is 6.04 Å². The summed E-state index contributed by atoms with van der Waals surface area (Å²) >= 11 is 0. The van der Waals surface area contributed by atoms with Crippen molar-refractivity contribution in [3.05, 3.63) is 47.6 Å².